The second-order valence-corrected chi connectivity index (χ2v) is 4.29. The van der Waals surface area contributed by atoms with Gasteiger partial charge < -0.3 is 14.6 Å². The maximum atomic E-state index is 13.7. The quantitative estimate of drug-likeness (QED) is 0.861. The average Bonchev–Trinajstić information content (AvgIpc) is 2.93. The summed E-state index contributed by atoms with van der Waals surface area (Å²) in [5.41, 5.74) is -0.303. The van der Waals surface area contributed by atoms with Crippen molar-refractivity contribution in [1.82, 2.24) is 9.55 Å². The van der Waals surface area contributed by atoms with Gasteiger partial charge in [0.2, 0.25) is 0 Å². The molecule has 0 radical (unpaired) electrons. The van der Waals surface area contributed by atoms with E-state index in [1.165, 1.54) is 0 Å². The van der Waals surface area contributed by atoms with Crippen molar-refractivity contribution in [3.05, 3.63) is 47.5 Å². The Bertz CT molecular complexity index is 656. The zero-order chi connectivity index (χ0) is 15.4. The molecule has 112 valence electrons. The minimum absolute atomic E-state index is 0.0162. The van der Waals surface area contributed by atoms with Crippen LogP contribution in [0.15, 0.2) is 24.5 Å². The average molecular weight is 295 g/mol. The second-order valence-electron chi connectivity index (χ2n) is 4.29. The summed E-state index contributed by atoms with van der Waals surface area (Å²) in [6.45, 7) is 2.94. The van der Waals surface area contributed by atoms with Crippen molar-refractivity contribution in [2.75, 3.05) is 12.4 Å². The number of nitrogens with one attached hydrogen (secondary N) is 1. The number of benzene rings is 1. The van der Waals surface area contributed by atoms with Crippen LogP contribution in [0.25, 0.3) is 0 Å². The maximum absolute atomic E-state index is 13.7. The topological polar surface area (TPSA) is 56.2 Å². The number of imidazole rings is 1. The Morgan fingerprint density at radius 1 is 1.38 bits per heavy atom. The van der Waals surface area contributed by atoms with Crippen LogP contribution < -0.4 is 5.32 Å². The lowest BCUT2D eigenvalue weighted by atomic mass is 10.1. The Labute approximate surface area is 120 Å². The molecule has 0 spiro atoms. The van der Waals surface area contributed by atoms with E-state index in [0.717, 1.165) is 19.7 Å². The summed E-state index contributed by atoms with van der Waals surface area (Å²) in [6, 6.07) is 1.75. The van der Waals surface area contributed by atoms with Crippen LogP contribution in [0.4, 0.5) is 14.5 Å². The summed E-state index contributed by atoms with van der Waals surface area (Å²) in [6.07, 6.45) is 3.44. The zero-order valence-corrected chi connectivity index (χ0v) is 11.7. The van der Waals surface area contributed by atoms with Crippen LogP contribution in [0.1, 0.15) is 23.1 Å². The fraction of sp³-hybridized carbons (Fsp3) is 0.286. The third kappa shape index (κ3) is 3.18. The highest BCUT2D eigenvalue weighted by Gasteiger charge is 2.16. The van der Waals surface area contributed by atoms with Gasteiger partial charge in [-0.3, -0.25) is 0 Å². The highest BCUT2D eigenvalue weighted by molar-refractivity contribution is 5.90. The lowest BCUT2D eigenvalue weighted by Crippen LogP contribution is -2.11. The van der Waals surface area contributed by atoms with Crippen LogP contribution in [0.3, 0.4) is 0 Å². The fourth-order valence-electron chi connectivity index (χ4n) is 1.92. The van der Waals surface area contributed by atoms with Crippen LogP contribution in [-0.4, -0.2) is 22.6 Å². The number of halogens is 2. The largest absolute Gasteiger partial charge is 0.465 e. The Morgan fingerprint density at radius 3 is 2.81 bits per heavy atom. The number of methoxy groups -OCH3 is 1. The summed E-state index contributed by atoms with van der Waals surface area (Å²) in [4.78, 5) is 15.5. The predicted octanol–water partition coefficient (Wildman–Crippen LogP) is 2.58. The van der Waals surface area contributed by atoms with E-state index in [-0.39, 0.29) is 17.8 Å². The number of carbonyl (C=O) groups is 1. The fourth-order valence-corrected chi connectivity index (χ4v) is 1.92. The van der Waals surface area contributed by atoms with Gasteiger partial charge in [-0.15, -0.1) is 0 Å². The van der Waals surface area contributed by atoms with E-state index in [1.807, 2.05) is 11.5 Å². The number of hydrogen-bond donors (Lipinski definition) is 1. The lowest BCUT2D eigenvalue weighted by Gasteiger charge is -2.10. The van der Waals surface area contributed by atoms with Gasteiger partial charge in [0.15, 0.2) is 0 Å². The summed E-state index contributed by atoms with van der Waals surface area (Å²) >= 11 is 0. The van der Waals surface area contributed by atoms with Crippen molar-refractivity contribution in [1.29, 1.82) is 0 Å². The Kier molecular flexibility index (Phi) is 4.52. The highest BCUT2D eigenvalue weighted by atomic mass is 19.1. The molecule has 1 aromatic carbocycles. The minimum Gasteiger partial charge on any atom is -0.465 e. The number of hydrogen-bond acceptors (Lipinski definition) is 4. The first-order valence-corrected chi connectivity index (χ1v) is 6.38. The van der Waals surface area contributed by atoms with Crippen molar-refractivity contribution in [2.24, 2.45) is 0 Å². The number of anilines is 1. The standard InChI is InChI=1S/C14H15F2N3O2/c1-3-19-5-4-17-13(19)8-18-12-6-9(14(20)21-2)10(15)7-11(12)16/h4-7,18H,3,8H2,1-2H3. The van der Waals surface area contributed by atoms with Gasteiger partial charge in [-0.2, -0.15) is 0 Å². The molecule has 7 heteroatoms. The molecule has 1 aromatic heterocycles. The third-order valence-electron chi connectivity index (χ3n) is 3.04. The monoisotopic (exact) mass is 295 g/mol. The van der Waals surface area contributed by atoms with Gasteiger partial charge >= 0.3 is 5.97 Å². The molecule has 1 N–H and O–H groups in total. The van der Waals surface area contributed by atoms with Gasteiger partial charge in [-0.25, -0.2) is 18.6 Å². The smallest absolute Gasteiger partial charge is 0.340 e. The summed E-state index contributed by atoms with van der Waals surface area (Å²) in [5, 5.41) is 2.80. The van der Waals surface area contributed by atoms with Crippen LogP contribution in [-0.2, 0) is 17.8 Å². The van der Waals surface area contributed by atoms with Crippen molar-refractivity contribution < 1.29 is 18.3 Å². The van der Waals surface area contributed by atoms with Crippen molar-refractivity contribution in [2.45, 2.75) is 20.0 Å². The van der Waals surface area contributed by atoms with Gasteiger partial charge in [-0.05, 0) is 13.0 Å². The van der Waals surface area contributed by atoms with Gasteiger partial charge in [0.1, 0.15) is 17.5 Å². The van der Waals surface area contributed by atoms with Gasteiger partial charge in [0, 0.05) is 25.0 Å². The molecule has 2 aromatic rings. The summed E-state index contributed by atoms with van der Waals surface area (Å²) < 4.78 is 33.6. The van der Waals surface area contributed by atoms with Crippen molar-refractivity contribution >= 4 is 11.7 Å². The first kappa shape index (κ1) is 15.0. The molecule has 0 atom stereocenters. The molecule has 0 saturated heterocycles. The molecule has 0 saturated carbocycles. The molecule has 21 heavy (non-hydrogen) atoms. The first-order chi connectivity index (χ1) is 10.1. The molecule has 0 aliphatic rings. The number of rotatable bonds is 5. The van der Waals surface area contributed by atoms with E-state index < -0.39 is 17.6 Å². The molecular weight excluding hydrogens is 280 g/mol. The van der Waals surface area contributed by atoms with Crippen LogP contribution in [0, 0.1) is 11.6 Å². The lowest BCUT2D eigenvalue weighted by molar-refractivity contribution is 0.0595. The molecule has 0 amide bonds. The number of ether oxygens (including phenoxy) is 1. The number of aryl methyl sites for hydroxylation is 1. The number of aromatic nitrogens is 2. The zero-order valence-electron chi connectivity index (χ0n) is 11.7. The minimum atomic E-state index is -0.958. The van der Waals surface area contributed by atoms with Crippen molar-refractivity contribution in [3.8, 4) is 0 Å². The molecule has 0 bridgehead atoms. The van der Waals surface area contributed by atoms with E-state index in [4.69, 9.17) is 0 Å². The first-order valence-electron chi connectivity index (χ1n) is 6.38. The van der Waals surface area contributed by atoms with E-state index in [1.54, 1.807) is 12.4 Å². The SMILES string of the molecule is CCn1ccnc1CNc1cc(C(=O)OC)c(F)cc1F. The highest BCUT2D eigenvalue weighted by Crippen LogP contribution is 2.20. The molecule has 0 unspecified atom stereocenters. The van der Waals surface area contributed by atoms with Gasteiger partial charge in [0.25, 0.3) is 0 Å². The van der Waals surface area contributed by atoms with E-state index in [9.17, 15) is 13.6 Å². The molecule has 0 fully saturated rings. The molecule has 0 aliphatic carbocycles. The summed E-state index contributed by atoms with van der Waals surface area (Å²) in [5.74, 6) is -1.89. The number of esters is 1. The molecule has 0 aliphatic heterocycles. The molecule has 2 rings (SSSR count). The van der Waals surface area contributed by atoms with Gasteiger partial charge in [0.05, 0.1) is 24.9 Å². The van der Waals surface area contributed by atoms with Crippen LogP contribution >= 0.6 is 0 Å². The molecular formula is C14H15F2N3O2. The summed E-state index contributed by atoms with van der Waals surface area (Å²) in [7, 11) is 1.14. The van der Waals surface area contributed by atoms with Crippen LogP contribution in [0.2, 0.25) is 0 Å². The number of carbonyl (C=O) groups excluding carboxylic acids is 1. The second kappa shape index (κ2) is 6.34. The molecule has 5 nitrogen and oxygen atoms in total. The number of nitrogens with zero attached hydrogens (tertiary/aromatic N) is 2. The Balaban J connectivity index is 2.22. The Morgan fingerprint density at radius 2 is 2.14 bits per heavy atom. The normalized spacial score (nSPS) is 10.5. The van der Waals surface area contributed by atoms with Gasteiger partial charge in [-0.1, -0.05) is 0 Å². The van der Waals surface area contributed by atoms with E-state index >= 15 is 0 Å². The van der Waals surface area contributed by atoms with E-state index in [0.29, 0.717) is 11.9 Å². The molecule has 1 heterocycles. The Hall–Kier alpha value is -2.44. The van der Waals surface area contributed by atoms with Crippen molar-refractivity contribution in [3.63, 3.8) is 0 Å². The predicted molar refractivity (Wildman–Crippen MR) is 72.9 cm³/mol. The van der Waals surface area contributed by atoms with Crippen LogP contribution in [0.5, 0.6) is 0 Å². The third-order valence-corrected chi connectivity index (χ3v) is 3.04. The van der Waals surface area contributed by atoms with E-state index in [2.05, 4.69) is 15.0 Å². The maximum Gasteiger partial charge on any atom is 0.340 e.